The van der Waals surface area contributed by atoms with E-state index in [-0.39, 0.29) is 0 Å². The summed E-state index contributed by atoms with van der Waals surface area (Å²) in [6.07, 6.45) is 3.77. The van der Waals surface area contributed by atoms with Gasteiger partial charge in [-0.25, -0.2) is 0 Å². The number of para-hydroxylation sites is 1. The lowest BCUT2D eigenvalue weighted by Crippen LogP contribution is -2.19. The first-order valence-corrected chi connectivity index (χ1v) is 9.90. The molecule has 0 saturated carbocycles. The molecule has 0 unspecified atom stereocenters. The predicted molar refractivity (Wildman–Crippen MR) is 109 cm³/mol. The number of likely N-dealkylation sites (tertiary alicyclic amines) is 1. The van der Waals surface area contributed by atoms with E-state index in [1.54, 1.807) is 0 Å². The average molecular weight is 372 g/mol. The monoisotopic (exact) mass is 372 g/mol. The molecule has 0 aliphatic carbocycles. The molecule has 0 amide bonds. The SMILES string of the molecule is Cc1ccc(CN2CC[C@H](c3nnc(Cc4c[nH]c5ccccc45)o3)C2)cc1. The zero-order valence-electron chi connectivity index (χ0n) is 16.1. The Hall–Kier alpha value is -2.92. The van der Waals surface area contributed by atoms with Crippen LogP contribution in [0.2, 0.25) is 0 Å². The Morgan fingerprint density at radius 3 is 2.86 bits per heavy atom. The van der Waals surface area contributed by atoms with Crippen molar-refractivity contribution >= 4 is 10.9 Å². The van der Waals surface area contributed by atoms with Crippen molar-refractivity contribution in [3.8, 4) is 0 Å². The Morgan fingerprint density at radius 2 is 1.96 bits per heavy atom. The van der Waals surface area contributed by atoms with Crippen LogP contribution in [-0.2, 0) is 13.0 Å². The topological polar surface area (TPSA) is 58.0 Å². The number of nitrogens with one attached hydrogen (secondary N) is 1. The van der Waals surface area contributed by atoms with Crippen LogP contribution in [0, 0.1) is 6.92 Å². The highest BCUT2D eigenvalue weighted by molar-refractivity contribution is 5.83. The molecular formula is C23H24N4O. The minimum atomic E-state index is 0.328. The third-order valence-corrected chi connectivity index (χ3v) is 5.65. The molecule has 28 heavy (non-hydrogen) atoms. The fourth-order valence-corrected chi connectivity index (χ4v) is 4.07. The molecule has 0 spiro atoms. The van der Waals surface area contributed by atoms with Crippen molar-refractivity contribution in [2.75, 3.05) is 13.1 Å². The average Bonchev–Trinajstić information content (AvgIpc) is 3.44. The summed E-state index contributed by atoms with van der Waals surface area (Å²) in [5.74, 6) is 1.80. The Labute approximate surface area is 164 Å². The lowest BCUT2D eigenvalue weighted by Gasteiger charge is -2.15. The summed E-state index contributed by atoms with van der Waals surface area (Å²) >= 11 is 0. The van der Waals surface area contributed by atoms with E-state index in [9.17, 15) is 0 Å². The van der Waals surface area contributed by atoms with E-state index in [2.05, 4.69) is 69.5 Å². The molecule has 5 rings (SSSR count). The van der Waals surface area contributed by atoms with Gasteiger partial charge in [0.2, 0.25) is 11.8 Å². The number of hydrogen-bond donors (Lipinski definition) is 1. The molecule has 5 heteroatoms. The number of nitrogens with zero attached hydrogens (tertiary/aromatic N) is 3. The van der Waals surface area contributed by atoms with Crippen LogP contribution in [0.15, 0.2) is 59.1 Å². The predicted octanol–water partition coefficient (Wildman–Crippen LogP) is 4.44. The van der Waals surface area contributed by atoms with Gasteiger partial charge in [-0.15, -0.1) is 10.2 Å². The van der Waals surface area contributed by atoms with Crippen molar-refractivity contribution in [1.29, 1.82) is 0 Å². The van der Waals surface area contributed by atoms with Crippen molar-refractivity contribution in [2.24, 2.45) is 0 Å². The molecule has 2 aromatic carbocycles. The van der Waals surface area contributed by atoms with E-state index in [1.807, 2.05) is 12.3 Å². The van der Waals surface area contributed by atoms with Crippen molar-refractivity contribution in [1.82, 2.24) is 20.1 Å². The molecule has 1 atom stereocenters. The van der Waals surface area contributed by atoms with Crippen LogP contribution < -0.4 is 0 Å². The van der Waals surface area contributed by atoms with Crippen molar-refractivity contribution in [3.05, 3.63) is 83.2 Å². The summed E-state index contributed by atoms with van der Waals surface area (Å²) in [4.78, 5) is 5.78. The van der Waals surface area contributed by atoms with Gasteiger partial charge in [0.25, 0.3) is 0 Å². The van der Waals surface area contributed by atoms with Crippen LogP contribution in [0.4, 0.5) is 0 Å². The standard InChI is InChI=1S/C23H24N4O/c1-16-6-8-17(9-7-16)14-27-11-10-18(15-27)23-26-25-22(28-23)12-19-13-24-21-5-3-2-4-20(19)21/h2-9,13,18,24H,10-12,14-15H2,1H3/t18-/m0/s1. The molecule has 142 valence electrons. The molecule has 1 fully saturated rings. The number of aryl methyl sites for hydroxylation is 1. The summed E-state index contributed by atoms with van der Waals surface area (Å²) in [5.41, 5.74) is 4.99. The first kappa shape index (κ1) is 17.2. The number of hydrogen-bond acceptors (Lipinski definition) is 4. The zero-order chi connectivity index (χ0) is 18.9. The van der Waals surface area contributed by atoms with E-state index < -0.39 is 0 Å². The summed E-state index contributed by atoms with van der Waals surface area (Å²) in [6.45, 7) is 5.15. The fraction of sp³-hybridized carbons (Fsp3) is 0.304. The maximum absolute atomic E-state index is 6.04. The first-order valence-electron chi connectivity index (χ1n) is 9.90. The van der Waals surface area contributed by atoms with Gasteiger partial charge in [0.05, 0.1) is 12.3 Å². The van der Waals surface area contributed by atoms with Crippen molar-refractivity contribution in [2.45, 2.75) is 32.2 Å². The van der Waals surface area contributed by atoms with Crippen molar-refractivity contribution in [3.63, 3.8) is 0 Å². The zero-order valence-corrected chi connectivity index (χ0v) is 16.1. The van der Waals surface area contributed by atoms with E-state index in [1.165, 1.54) is 22.1 Å². The van der Waals surface area contributed by atoms with Crippen LogP contribution in [0.3, 0.4) is 0 Å². The quantitative estimate of drug-likeness (QED) is 0.563. The molecule has 4 aromatic rings. The number of benzene rings is 2. The largest absolute Gasteiger partial charge is 0.425 e. The second-order valence-electron chi connectivity index (χ2n) is 7.78. The van der Waals surface area contributed by atoms with Gasteiger partial charge in [-0.05, 0) is 37.1 Å². The van der Waals surface area contributed by atoms with E-state index in [4.69, 9.17) is 4.42 Å². The molecule has 5 nitrogen and oxygen atoms in total. The smallest absolute Gasteiger partial charge is 0.221 e. The van der Waals surface area contributed by atoms with Crippen LogP contribution in [0.5, 0.6) is 0 Å². The highest BCUT2D eigenvalue weighted by atomic mass is 16.4. The molecule has 1 saturated heterocycles. The number of aromatic nitrogens is 3. The van der Waals surface area contributed by atoms with Gasteiger partial charge >= 0.3 is 0 Å². The third kappa shape index (κ3) is 3.45. The van der Waals surface area contributed by atoms with Gasteiger partial charge < -0.3 is 9.40 Å². The van der Waals surface area contributed by atoms with Gasteiger partial charge in [0, 0.05) is 30.2 Å². The molecule has 1 aliphatic rings. The van der Waals surface area contributed by atoms with Crippen molar-refractivity contribution < 1.29 is 4.42 Å². The molecule has 3 heterocycles. The molecular weight excluding hydrogens is 348 g/mol. The molecule has 2 aromatic heterocycles. The van der Waals surface area contributed by atoms with Gasteiger partial charge in [0.1, 0.15) is 0 Å². The minimum absolute atomic E-state index is 0.328. The highest BCUT2D eigenvalue weighted by Gasteiger charge is 2.28. The van der Waals surface area contributed by atoms with E-state index in [0.717, 1.165) is 37.5 Å². The summed E-state index contributed by atoms with van der Waals surface area (Å²) in [6, 6.07) is 17.1. The lowest BCUT2D eigenvalue weighted by molar-refractivity contribution is 0.318. The third-order valence-electron chi connectivity index (χ3n) is 5.65. The maximum atomic E-state index is 6.04. The number of fused-ring (bicyclic) bond motifs is 1. The Bertz CT molecular complexity index is 1080. The van der Waals surface area contributed by atoms with Gasteiger partial charge in [-0.3, -0.25) is 4.90 Å². The Kier molecular flexibility index (Phi) is 4.45. The lowest BCUT2D eigenvalue weighted by atomic mass is 10.1. The second-order valence-corrected chi connectivity index (χ2v) is 7.78. The van der Waals surface area contributed by atoms with Crippen LogP contribution in [0.25, 0.3) is 10.9 Å². The maximum Gasteiger partial charge on any atom is 0.221 e. The van der Waals surface area contributed by atoms with Crippen LogP contribution in [0.1, 0.15) is 40.8 Å². The van der Waals surface area contributed by atoms with Crippen LogP contribution >= 0.6 is 0 Å². The Morgan fingerprint density at radius 1 is 1.11 bits per heavy atom. The Balaban J connectivity index is 1.24. The minimum Gasteiger partial charge on any atom is -0.425 e. The summed E-state index contributed by atoms with van der Waals surface area (Å²) in [5, 5.41) is 9.89. The molecule has 0 bridgehead atoms. The number of rotatable bonds is 5. The van der Waals surface area contributed by atoms with Crippen LogP contribution in [-0.4, -0.2) is 33.2 Å². The van der Waals surface area contributed by atoms with Gasteiger partial charge in [-0.2, -0.15) is 0 Å². The van der Waals surface area contributed by atoms with E-state index in [0.29, 0.717) is 18.2 Å². The van der Waals surface area contributed by atoms with Gasteiger partial charge in [-0.1, -0.05) is 48.0 Å². The first-order chi connectivity index (χ1) is 13.7. The number of aromatic amines is 1. The highest BCUT2D eigenvalue weighted by Crippen LogP contribution is 2.28. The molecule has 1 aliphatic heterocycles. The van der Waals surface area contributed by atoms with E-state index >= 15 is 0 Å². The summed E-state index contributed by atoms with van der Waals surface area (Å²) in [7, 11) is 0. The van der Waals surface area contributed by atoms with Gasteiger partial charge in [0.15, 0.2) is 0 Å². The number of H-pyrrole nitrogens is 1. The fourth-order valence-electron chi connectivity index (χ4n) is 4.07. The summed E-state index contributed by atoms with van der Waals surface area (Å²) < 4.78 is 6.04. The molecule has 1 N–H and O–H groups in total. The second kappa shape index (κ2) is 7.24. The normalized spacial score (nSPS) is 17.5. The molecule has 0 radical (unpaired) electrons.